The van der Waals surface area contributed by atoms with Gasteiger partial charge in [0.15, 0.2) is 0 Å². The third kappa shape index (κ3) is 2.89. The van der Waals surface area contributed by atoms with Crippen molar-refractivity contribution in [3.8, 4) is 0 Å². The van der Waals surface area contributed by atoms with Crippen LogP contribution in [0.5, 0.6) is 0 Å². The SMILES string of the molecule is CC[N+](C)(CC)C(C)C.[Cl-]. The second kappa shape index (κ2) is 4.97. The lowest BCUT2D eigenvalue weighted by atomic mass is 10.2. The Morgan fingerprint density at radius 2 is 1.40 bits per heavy atom. The van der Waals surface area contributed by atoms with Crippen molar-refractivity contribution in [3.05, 3.63) is 0 Å². The van der Waals surface area contributed by atoms with Gasteiger partial charge in [0.25, 0.3) is 0 Å². The molecule has 0 unspecified atom stereocenters. The van der Waals surface area contributed by atoms with E-state index in [1.165, 1.54) is 17.6 Å². The number of nitrogens with zero attached hydrogens (tertiary/aromatic N) is 1. The number of hydrogen-bond acceptors (Lipinski definition) is 0. The maximum Gasteiger partial charge on any atom is 0.0831 e. The van der Waals surface area contributed by atoms with Crippen LogP contribution in [-0.4, -0.2) is 30.7 Å². The number of hydrogen-bond donors (Lipinski definition) is 0. The summed E-state index contributed by atoms with van der Waals surface area (Å²) in [5.74, 6) is 0. The van der Waals surface area contributed by atoms with Crippen LogP contribution < -0.4 is 12.4 Å². The molecule has 0 heterocycles. The Balaban J connectivity index is 0. The van der Waals surface area contributed by atoms with Crippen LogP contribution in [0.25, 0.3) is 0 Å². The predicted molar refractivity (Wildman–Crippen MR) is 42.4 cm³/mol. The van der Waals surface area contributed by atoms with E-state index in [9.17, 15) is 0 Å². The first kappa shape index (κ1) is 12.9. The fourth-order valence-electron chi connectivity index (χ4n) is 0.954. The van der Waals surface area contributed by atoms with Gasteiger partial charge in [-0.05, 0) is 27.7 Å². The molecule has 0 rings (SSSR count). The molecule has 0 fully saturated rings. The quantitative estimate of drug-likeness (QED) is 0.466. The molecule has 0 radical (unpaired) electrons. The van der Waals surface area contributed by atoms with E-state index in [4.69, 9.17) is 0 Å². The molecule has 0 bridgehead atoms. The normalized spacial score (nSPS) is 11.4. The van der Waals surface area contributed by atoms with Crippen molar-refractivity contribution in [1.29, 1.82) is 0 Å². The molecule has 0 aliphatic rings. The van der Waals surface area contributed by atoms with Gasteiger partial charge in [0.1, 0.15) is 0 Å². The van der Waals surface area contributed by atoms with Crippen LogP contribution in [0.15, 0.2) is 0 Å². The molecule has 0 aromatic heterocycles. The van der Waals surface area contributed by atoms with Crippen molar-refractivity contribution in [3.63, 3.8) is 0 Å². The average Bonchev–Trinajstić information content (AvgIpc) is 1.86. The summed E-state index contributed by atoms with van der Waals surface area (Å²) in [6, 6.07) is 0.764. The largest absolute Gasteiger partial charge is 1.00 e. The molecule has 2 heteroatoms. The Morgan fingerprint density at radius 1 is 1.10 bits per heavy atom. The van der Waals surface area contributed by atoms with Gasteiger partial charge in [0.2, 0.25) is 0 Å². The highest BCUT2D eigenvalue weighted by molar-refractivity contribution is 4.39. The second-order valence-corrected chi connectivity index (χ2v) is 3.21. The van der Waals surface area contributed by atoms with Gasteiger partial charge in [0.05, 0.1) is 26.2 Å². The minimum Gasteiger partial charge on any atom is -1.00 e. The lowest BCUT2D eigenvalue weighted by Gasteiger charge is -2.36. The van der Waals surface area contributed by atoms with Gasteiger partial charge >= 0.3 is 0 Å². The standard InChI is InChI=1S/C8H20N.ClH/c1-6-9(5,7-2)8(3)4;/h8H,6-7H2,1-5H3;1H/q+1;/p-1. The van der Waals surface area contributed by atoms with Crippen LogP contribution in [0.3, 0.4) is 0 Å². The summed E-state index contributed by atoms with van der Waals surface area (Å²) in [6.45, 7) is 11.6. The van der Waals surface area contributed by atoms with Crippen LogP contribution in [0.1, 0.15) is 27.7 Å². The zero-order chi connectivity index (χ0) is 7.49. The smallest absolute Gasteiger partial charge is 0.0831 e. The van der Waals surface area contributed by atoms with Gasteiger partial charge in [-0.3, -0.25) is 0 Å². The third-order valence-corrected chi connectivity index (χ3v) is 2.69. The predicted octanol–water partition coefficient (Wildman–Crippen LogP) is -1.11. The van der Waals surface area contributed by atoms with E-state index in [-0.39, 0.29) is 12.4 Å². The van der Waals surface area contributed by atoms with Crippen LogP contribution in [0, 0.1) is 0 Å². The van der Waals surface area contributed by atoms with E-state index in [0.29, 0.717) is 0 Å². The number of quaternary nitrogens is 1. The minimum absolute atomic E-state index is 0. The van der Waals surface area contributed by atoms with E-state index in [1.807, 2.05) is 0 Å². The molecule has 0 atom stereocenters. The van der Waals surface area contributed by atoms with Crippen LogP contribution in [0.2, 0.25) is 0 Å². The molecule has 0 aliphatic carbocycles. The van der Waals surface area contributed by atoms with E-state index in [0.717, 1.165) is 6.04 Å². The monoisotopic (exact) mass is 165 g/mol. The Labute approximate surface area is 71.4 Å². The van der Waals surface area contributed by atoms with Crippen molar-refractivity contribution >= 4 is 0 Å². The van der Waals surface area contributed by atoms with Gasteiger partial charge in [-0.25, -0.2) is 0 Å². The summed E-state index contributed by atoms with van der Waals surface area (Å²) < 4.78 is 1.19. The molecular weight excluding hydrogens is 146 g/mol. The van der Waals surface area contributed by atoms with Gasteiger partial charge in [0, 0.05) is 0 Å². The first-order chi connectivity index (χ1) is 4.06. The topological polar surface area (TPSA) is 0 Å². The Bertz CT molecular complexity index is 77.3. The molecule has 0 aromatic rings. The molecule has 0 aliphatic heterocycles. The van der Waals surface area contributed by atoms with Gasteiger partial charge in [-0.1, -0.05) is 0 Å². The fourth-order valence-corrected chi connectivity index (χ4v) is 0.954. The molecule has 10 heavy (non-hydrogen) atoms. The maximum atomic E-state index is 2.31. The molecule has 0 saturated heterocycles. The summed E-state index contributed by atoms with van der Waals surface area (Å²) in [4.78, 5) is 0. The van der Waals surface area contributed by atoms with E-state index in [2.05, 4.69) is 34.7 Å². The summed E-state index contributed by atoms with van der Waals surface area (Å²) >= 11 is 0. The Hall–Kier alpha value is 0.250. The van der Waals surface area contributed by atoms with Gasteiger partial charge in [-0.15, -0.1) is 0 Å². The lowest BCUT2D eigenvalue weighted by molar-refractivity contribution is -0.926. The van der Waals surface area contributed by atoms with Crippen LogP contribution in [-0.2, 0) is 0 Å². The van der Waals surface area contributed by atoms with E-state index in [1.54, 1.807) is 0 Å². The molecule has 0 N–H and O–H groups in total. The molecular formula is C8H20ClN. The Morgan fingerprint density at radius 3 is 1.40 bits per heavy atom. The summed E-state index contributed by atoms with van der Waals surface area (Å²) in [7, 11) is 2.31. The summed E-state index contributed by atoms with van der Waals surface area (Å²) in [5, 5.41) is 0. The highest BCUT2D eigenvalue weighted by atomic mass is 35.5. The minimum atomic E-state index is 0. The van der Waals surface area contributed by atoms with Gasteiger partial charge in [-0.2, -0.15) is 0 Å². The van der Waals surface area contributed by atoms with Crippen molar-refractivity contribution in [2.24, 2.45) is 0 Å². The molecule has 1 nitrogen and oxygen atoms in total. The Kier molecular flexibility index (Phi) is 6.41. The van der Waals surface area contributed by atoms with E-state index >= 15 is 0 Å². The number of halogens is 1. The molecule has 0 spiro atoms. The summed E-state index contributed by atoms with van der Waals surface area (Å²) in [5.41, 5.74) is 0. The zero-order valence-corrected chi connectivity index (χ0v) is 8.57. The summed E-state index contributed by atoms with van der Waals surface area (Å²) in [6.07, 6.45) is 0. The van der Waals surface area contributed by atoms with Gasteiger partial charge < -0.3 is 16.9 Å². The van der Waals surface area contributed by atoms with Crippen molar-refractivity contribution in [2.45, 2.75) is 33.7 Å². The zero-order valence-electron chi connectivity index (χ0n) is 7.82. The van der Waals surface area contributed by atoms with E-state index < -0.39 is 0 Å². The maximum absolute atomic E-state index is 2.31. The van der Waals surface area contributed by atoms with Crippen molar-refractivity contribution in [2.75, 3.05) is 20.1 Å². The van der Waals surface area contributed by atoms with Crippen LogP contribution >= 0.6 is 0 Å². The number of rotatable bonds is 3. The molecule has 64 valence electrons. The average molecular weight is 166 g/mol. The highest BCUT2D eigenvalue weighted by Gasteiger charge is 2.19. The van der Waals surface area contributed by atoms with Crippen molar-refractivity contribution in [1.82, 2.24) is 0 Å². The second-order valence-electron chi connectivity index (χ2n) is 3.21. The van der Waals surface area contributed by atoms with Crippen LogP contribution in [0.4, 0.5) is 0 Å². The first-order valence-corrected chi connectivity index (χ1v) is 3.91. The fraction of sp³-hybridized carbons (Fsp3) is 1.00. The highest BCUT2D eigenvalue weighted by Crippen LogP contribution is 2.07. The first-order valence-electron chi connectivity index (χ1n) is 3.91. The third-order valence-electron chi connectivity index (χ3n) is 2.69. The molecule has 0 aromatic carbocycles. The molecule has 0 saturated carbocycles. The van der Waals surface area contributed by atoms with Crippen molar-refractivity contribution < 1.29 is 16.9 Å². The molecule has 0 amide bonds. The lowest BCUT2D eigenvalue weighted by Crippen LogP contribution is -3.00.